The van der Waals surface area contributed by atoms with Gasteiger partial charge in [-0.15, -0.1) is 0 Å². The minimum Gasteiger partial charge on any atom is -0.418 e. The molecule has 2 aromatic rings. The van der Waals surface area contributed by atoms with Gasteiger partial charge in [-0.1, -0.05) is 87.8 Å². The third kappa shape index (κ3) is 18.8. The van der Waals surface area contributed by atoms with Crippen LogP contribution in [-0.2, 0) is 19.1 Å². The SMILES string of the molecule is COCC/C(SC(=O)Oc1ccccc1)=C(\C)N(C=O)CCCCCCCCCCCCN(C=O)/C(C)=C(/CCOC)SC(=O)Oc1ccccc1. The van der Waals surface area contributed by atoms with E-state index >= 15 is 0 Å². The molecule has 0 saturated heterocycles. The summed E-state index contributed by atoms with van der Waals surface area (Å²) < 4.78 is 21.3. The number of thioether (sulfide) groups is 2. The van der Waals surface area contributed by atoms with Gasteiger partial charge in [0.15, 0.2) is 0 Å². The van der Waals surface area contributed by atoms with Crippen LogP contribution in [0.25, 0.3) is 0 Å². The maximum absolute atomic E-state index is 12.6. The smallest absolute Gasteiger partial charge is 0.377 e. The molecule has 2 amide bonds. The normalized spacial score (nSPS) is 12.0. The van der Waals surface area contributed by atoms with E-state index in [0.717, 1.165) is 109 Å². The monoisotopic (exact) mass is 756 g/mol. The number of ether oxygens (including phenoxy) is 4. The molecule has 0 spiro atoms. The Bertz CT molecular complexity index is 1280. The molecule has 12 heteroatoms. The summed E-state index contributed by atoms with van der Waals surface area (Å²) >= 11 is 2.00. The lowest BCUT2D eigenvalue weighted by molar-refractivity contribution is -0.117. The van der Waals surface area contributed by atoms with E-state index in [-0.39, 0.29) is 0 Å². The van der Waals surface area contributed by atoms with Crippen LogP contribution >= 0.6 is 23.5 Å². The predicted molar refractivity (Wildman–Crippen MR) is 210 cm³/mol. The van der Waals surface area contributed by atoms with Crippen LogP contribution in [0.3, 0.4) is 0 Å². The molecule has 0 heterocycles. The number of methoxy groups -OCH3 is 2. The highest BCUT2D eigenvalue weighted by Gasteiger charge is 2.18. The number of rotatable bonds is 27. The van der Waals surface area contributed by atoms with Gasteiger partial charge in [-0.25, -0.2) is 9.59 Å². The molecular formula is C40H56N2O8S2. The Labute approximate surface area is 318 Å². The number of hydrogen-bond acceptors (Lipinski definition) is 10. The Balaban J connectivity index is 1.67. The van der Waals surface area contributed by atoms with Crippen molar-refractivity contribution in [2.75, 3.05) is 40.5 Å². The van der Waals surface area contributed by atoms with E-state index in [1.807, 2.05) is 26.0 Å². The standard InChI is InChI=1S/C40H56N2O8S2/c1-33(37(25-29-47-3)51-39(45)49-35-21-15-13-16-22-35)41(31-43)27-19-11-9-7-5-6-8-10-12-20-28-42(32-44)34(2)38(26-30-48-4)52-40(46)50-36-23-17-14-18-24-36/h13-18,21-24,31-32H,5-12,19-20,25-30H2,1-4H3/b37-33-,38-34-. The van der Waals surface area contributed by atoms with Crippen LogP contribution in [0.5, 0.6) is 11.5 Å². The number of carbonyl (C=O) groups excluding carboxylic acids is 4. The van der Waals surface area contributed by atoms with Crippen molar-refractivity contribution in [2.45, 2.75) is 90.9 Å². The zero-order valence-corrected chi connectivity index (χ0v) is 32.9. The van der Waals surface area contributed by atoms with Gasteiger partial charge in [0.05, 0.1) is 13.2 Å². The molecule has 0 N–H and O–H groups in total. The fourth-order valence-corrected chi connectivity index (χ4v) is 6.89. The van der Waals surface area contributed by atoms with Crippen molar-refractivity contribution < 1.29 is 38.1 Å². The maximum atomic E-state index is 12.6. The molecule has 286 valence electrons. The van der Waals surface area contributed by atoms with Gasteiger partial charge < -0.3 is 28.7 Å². The molecular weight excluding hydrogens is 701 g/mol. The van der Waals surface area contributed by atoms with E-state index in [2.05, 4.69) is 0 Å². The zero-order valence-electron chi connectivity index (χ0n) is 31.2. The maximum Gasteiger partial charge on any atom is 0.377 e. The molecule has 0 atom stereocenters. The number of benzene rings is 2. The molecule has 0 unspecified atom stereocenters. The van der Waals surface area contributed by atoms with Gasteiger partial charge in [-0.3, -0.25) is 9.59 Å². The Kier molecular flexibility index (Phi) is 24.0. The van der Waals surface area contributed by atoms with Gasteiger partial charge in [0.2, 0.25) is 12.8 Å². The number of allylic oxidation sites excluding steroid dienone is 2. The second-order valence-electron chi connectivity index (χ2n) is 12.2. The number of carbonyl (C=O) groups is 4. The second kappa shape index (κ2) is 28.0. The molecule has 0 aliphatic rings. The summed E-state index contributed by atoms with van der Waals surface area (Å²) in [7, 11) is 3.22. The van der Waals surface area contributed by atoms with Crippen LogP contribution in [0.15, 0.2) is 81.9 Å². The van der Waals surface area contributed by atoms with Crippen LogP contribution in [0.4, 0.5) is 9.59 Å². The first-order valence-corrected chi connectivity index (χ1v) is 19.7. The number of hydrogen-bond donors (Lipinski definition) is 0. The molecule has 0 aliphatic heterocycles. The van der Waals surface area contributed by atoms with Gasteiger partial charge in [0.1, 0.15) is 11.5 Å². The minimum absolute atomic E-state index is 0.434. The van der Waals surface area contributed by atoms with Gasteiger partial charge in [0, 0.05) is 61.4 Å². The number of amides is 2. The van der Waals surface area contributed by atoms with Gasteiger partial charge in [-0.2, -0.15) is 0 Å². The van der Waals surface area contributed by atoms with E-state index in [1.165, 1.54) is 12.8 Å². The quantitative estimate of drug-likeness (QED) is 0.0496. The Morgan fingerprint density at radius 1 is 0.558 bits per heavy atom. The molecule has 10 nitrogen and oxygen atoms in total. The van der Waals surface area contributed by atoms with E-state index < -0.39 is 10.6 Å². The van der Waals surface area contributed by atoms with Crippen LogP contribution in [0.1, 0.15) is 90.9 Å². The second-order valence-corrected chi connectivity index (χ2v) is 14.2. The molecule has 2 rings (SSSR count). The largest absolute Gasteiger partial charge is 0.418 e. The molecule has 2 aromatic carbocycles. The Morgan fingerprint density at radius 2 is 0.885 bits per heavy atom. The van der Waals surface area contributed by atoms with E-state index in [1.54, 1.807) is 72.6 Å². The van der Waals surface area contributed by atoms with Crippen molar-refractivity contribution in [1.29, 1.82) is 0 Å². The molecule has 0 saturated carbocycles. The summed E-state index contributed by atoms with van der Waals surface area (Å²) in [5, 5.41) is -0.890. The van der Waals surface area contributed by atoms with Gasteiger partial charge in [0.25, 0.3) is 0 Å². The minimum atomic E-state index is -0.445. The fraction of sp³-hybridized carbons (Fsp3) is 0.500. The highest BCUT2D eigenvalue weighted by atomic mass is 32.2. The lowest BCUT2D eigenvalue weighted by Gasteiger charge is -2.21. The van der Waals surface area contributed by atoms with Crippen LogP contribution < -0.4 is 9.47 Å². The van der Waals surface area contributed by atoms with Crippen molar-refractivity contribution in [2.24, 2.45) is 0 Å². The van der Waals surface area contributed by atoms with Gasteiger partial charge in [-0.05, 0) is 74.5 Å². The lowest BCUT2D eigenvalue weighted by atomic mass is 10.1. The van der Waals surface area contributed by atoms with Crippen LogP contribution in [-0.4, -0.2) is 73.7 Å². The third-order valence-electron chi connectivity index (χ3n) is 8.34. The Morgan fingerprint density at radius 3 is 1.19 bits per heavy atom. The summed E-state index contributed by atoms with van der Waals surface area (Å²) in [6.07, 6.45) is 13.3. The summed E-state index contributed by atoms with van der Waals surface area (Å²) in [6, 6.07) is 17.8. The van der Waals surface area contributed by atoms with Crippen molar-refractivity contribution in [3.63, 3.8) is 0 Å². The molecule has 52 heavy (non-hydrogen) atoms. The van der Waals surface area contributed by atoms with E-state index in [4.69, 9.17) is 18.9 Å². The van der Waals surface area contributed by atoms with E-state index in [0.29, 0.717) is 50.6 Å². The third-order valence-corrected chi connectivity index (χ3v) is 10.3. The first-order valence-electron chi connectivity index (χ1n) is 18.0. The van der Waals surface area contributed by atoms with Crippen LogP contribution in [0, 0.1) is 0 Å². The van der Waals surface area contributed by atoms with Crippen LogP contribution in [0.2, 0.25) is 0 Å². The van der Waals surface area contributed by atoms with Gasteiger partial charge >= 0.3 is 10.6 Å². The lowest BCUT2D eigenvalue weighted by Crippen LogP contribution is -2.22. The summed E-state index contributed by atoms with van der Waals surface area (Å²) in [4.78, 5) is 53.9. The highest BCUT2D eigenvalue weighted by molar-refractivity contribution is 8.16. The molecule has 0 radical (unpaired) electrons. The first-order chi connectivity index (χ1) is 25.3. The topological polar surface area (TPSA) is 112 Å². The first kappa shape index (κ1) is 44.6. The summed E-state index contributed by atoms with van der Waals surface area (Å²) in [5.74, 6) is 0.954. The zero-order chi connectivity index (χ0) is 37.8. The fourth-order valence-electron chi connectivity index (χ4n) is 5.31. The Hall–Kier alpha value is -3.58. The number of unbranched alkanes of at least 4 members (excludes halogenated alkanes) is 9. The molecule has 0 fully saturated rings. The summed E-state index contributed by atoms with van der Waals surface area (Å²) in [5.41, 5.74) is 1.50. The predicted octanol–water partition coefficient (Wildman–Crippen LogP) is 10.2. The molecule has 0 aliphatic carbocycles. The van der Waals surface area contributed by atoms with E-state index in [9.17, 15) is 19.2 Å². The molecule has 0 bridgehead atoms. The number of nitrogens with zero attached hydrogens (tertiary/aromatic N) is 2. The van der Waals surface area contributed by atoms with Crippen molar-refractivity contribution in [3.05, 3.63) is 81.9 Å². The average Bonchev–Trinajstić information content (AvgIpc) is 3.15. The van der Waals surface area contributed by atoms with Crippen molar-refractivity contribution >= 4 is 46.9 Å². The number of para-hydroxylation sites is 2. The average molecular weight is 757 g/mol. The summed E-state index contributed by atoms with van der Waals surface area (Å²) in [6.45, 7) is 5.78. The van der Waals surface area contributed by atoms with Crippen molar-refractivity contribution in [1.82, 2.24) is 9.80 Å². The van der Waals surface area contributed by atoms with Crippen molar-refractivity contribution in [3.8, 4) is 11.5 Å². The highest BCUT2D eigenvalue weighted by Crippen LogP contribution is 2.29. The molecule has 0 aromatic heterocycles.